The highest BCUT2D eigenvalue weighted by atomic mass is 16.6. The second-order valence-corrected chi connectivity index (χ2v) is 8.38. The van der Waals surface area contributed by atoms with E-state index in [1.165, 1.54) is 11.1 Å². The van der Waals surface area contributed by atoms with Gasteiger partial charge in [-0.25, -0.2) is 0 Å². The molecule has 3 aromatic rings. The molecule has 0 N–H and O–H groups in total. The smallest absolute Gasteiger partial charge is 0.119 e. The van der Waals surface area contributed by atoms with Crippen LogP contribution in [0.4, 0.5) is 0 Å². The van der Waals surface area contributed by atoms with Crippen LogP contribution in [-0.4, -0.2) is 65.1 Å². The van der Waals surface area contributed by atoms with Crippen LogP contribution in [0, 0.1) is 0 Å². The van der Waals surface area contributed by atoms with E-state index in [4.69, 9.17) is 28.4 Å². The molecule has 2 unspecified atom stereocenters. The molecule has 0 amide bonds. The van der Waals surface area contributed by atoms with E-state index in [2.05, 4.69) is 48.5 Å². The van der Waals surface area contributed by atoms with Crippen molar-refractivity contribution < 1.29 is 28.4 Å². The van der Waals surface area contributed by atoms with Gasteiger partial charge in [0.1, 0.15) is 36.9 Å². The van der Waals surface area contributed by atoms with Gasteiger partial charge in [-0.2, -0.15) is 0 Å². The van der Waals surface area contributed by atoms with Gasteiger partial charge in [0.15, 0.2) is 0 Å². The third-order valence-electron chi connectivity index (χ3n) is 5.67. The molecule has 178 valence electrons. The summed E-state index contributed by atoms with van der Waals surface area (Å²) in [5.41, 5.74) is 4.64. The van der Waals surface area contributed by atoms with Gasteiger partial charge in [0.25, 0.3) is 0 Å². The number of hydrogen-bond donors (Lipinski definition) is 0. The average Bonchev–Trinajstić information content (AvgIpc) is 3.81. The molecule has 0 aliphatic carbocycles. The second-order valence-electron chi connectivity index (χ2n) is 8.38. The molecule has 0 aromatic heterocycles. The van der Waals surface area contributed by atoms with E-state index in [9.17, 15) is 0 Å². The molecule has 2 saturated heterocycles. The summed E-state index contributed by atoms with van der Waals surface area (Å²) in [7, 11) is 0. The zero-order valence-electron chi connectivity index (χ0n) is 19.2. The van der Waals surface area contributed by atoms with Crippen LogP contribution in [0.1, 0.15) is 0 Å². The van der Waals surface area contributed by atoms with E-state index in [1.807, 2.05) is 24.3 Å². The third kappa shape index (κ3) is 7.05. The van der Waals surface area contributed by atoms with Crippen molar-refractivity contribution in [2.24, 2.45) is 0 Å². The summed E-state index contributed by atoms with van der Waals surface area (Å²) < 4.78 is 32.7. The fourth-order valence-corrected chi connectivity index (χ4v) is 3.54. The Bertz CT molecular complexity index is 924. The highest BCUT2D eigenvalue weighted by Gasteiger charge is 2.22. The predicted molar refractivity (Wildman–Crippen MR) is 129 cm³/mol. The minimum atomic E-state index is 0.294. The first-order valence-corrected chi connectivity index (χ1v) is 11.8. The van der Waals surface area contributed by atoms with E-state index in [1.54, 1.807) is 0 Å². The van der Waals surface area contributed by atoms with Gasteiger partial charge in [-0.3, -0.25) is 0 Å². The predicted octanol–water partition coefficient (Wildman–Crippen LogP) is 4.61. The van der Waals surface area contributed by atoms with Gasteiger partial charge in [-0.15, -0.1) is 0 Å². The van der Waals surface area contributed by atoms with Crippen LogP contribution in [-0.2, 0) is 18.9 Å². The van der Waals surface area contributed by atoms with Crippen molar-refractivity contribution in [1.29, 1.82) is 0 Å². The Morgan fingerprint density at radius 2 is 0.824 bits per heavy atom. The fourth-order valence-electron chi connectivity index (χ4n) is 3.54. The summed E-state index contributed by atoms with van der Waals surface area (Å²) in [5.74, 6) is 1.69. The Labute approximate surface area is 200 Å². The van der Waals surface area contributed by atoms with Gasteiger partial charge in [0.2, 0.25) is 0 Å². The first kappa shape index (κ1) is 22.9. The van der Waals surface area contributed by atoms with Crippen molar-refractivity contribution in [3.8, 4) is 33.8 Å². The molecular weight excluding hydrogens is 432 g/mol. The van der Waals surface area contributed by atoms with Crippen molar-refractivity contribution >= 4 is 0 Å². The molecule has 2 aliphatic rings. The van der Waals surface area contributed by atoms with Crippen LogP contribution in [0.15, 0.2) is 72.8 Å². The lowest BCUT2D eigenvalue weighted by Crippen LogP contribution is -2.10. The Hall–Kier alpha value is -2.90. The molecule has 5 rings (SSSR count). The summed E-state index contributed by atoms with van der Waals surface area (Å²) in [6.07, 6.45) is 0.587. The second kappa shape index (κ2) is 11.5. The van der Waals surface area contributed by atoms with E-state index in [0.717, 1.165) is 35.8 Å². The number of benzene rings is 3. The van der Waals surface area contributed by atoms with E-state index >= 15 is 0 Å². The molecule has 0 saturated carbocycles. The monoisotopic (exact) mass is 462 g/mol. The Morgan fingerprint density at radius 1 is 0.500 bits per heavy atom. The van der Waals surface area contributed by atoms with Gasteiger partial charge >= 0.3 is 0 Å². The highest BCUT2D eigenvalue weighted by Crippen LogP contribution is 2.27. The maximum atomic E-state index is 5.75. The van der Waals surface area contributed by atoms with E-state index in [0.29, 0.717) is 51.8 Å². The molecular formula is C28H30O6. The fraction of sp³-hybridized carbons (Fsp3) is 0.357. The Morgan fingerprint density at radius 3 is 1.15 bits per heavy atom. The number of hydrogen-bond acceptors (Lipinski definition) is 6. The zero-order chi connectivity index (χ0) is 23.0. The van der Waals surface area contributed by atoms with Gasteiger partial charge in [-0.1, -0.05) is 48.5 Å². The number of ether oxygens (including phenoxy) is 6. The standard InChI is InChI=1S/C28H30O6/c1-2-22(24-7-11-26(12-8-24)32-16-14-30-18-28-20-34-28)4-3-21(1)23-5-9-25(10-6-23)31-15-13-29-17-27-19-33-27/h1-12,27-28H,13-20H2. The molecule has 2 atom stereocenters. The highest BCUT2D eigenvalue weighted by molar-refractivity contribution is 5.71. The Kier molecular flexibility index (Phi) is 7.73. The van der Waals surface area contributed by atoms with Crippen molar-refractivity contribution in [3.63, 3.8) is 0 Å². The van der Waals surface area contributed by atoms with E-state index < -0.39 is 0 Å². The summed E-state index contributed by atoms with van der Waals surface area (Å²) in [4.78, 5) is 0. The van der Waals surface area contributed by atoms with Crippen molar-refractivity contribution in [2.75, 3.05) is 52.9 Å². The maximum absolute atomic E-state index is 5.75. The number of rotatable bonds is 14. The van der Waals surface area contributed by atoms with Crippen molar-refractivity contribution in [3.05, 3.63) is 72.8 Å². The summed E-state index contributed by atoms with van der Waals surface area (Å²) in [6.45, 7) is 5.16. The van der Waals surface area contributed by atoms with Gasteiger partial charge in [0.05, 0.1) is 39.6 Å². The molecule has 34 heavy (non-hydrogen) atoms. The summed E-state index contributed by atoms with van der Waals surface area (Å²) in [6, 6.07) is 24.9. The number of epoxide rings is 2. The summed E-state index contributed by atoms with van der Waals surface area (Å²) in [5, 5.41) is 0. The van der Waals surface area contributed by atoms with Gasteiger partial charge in [0, 0.05) is 0 Å². The molecule has 0 spiro atoms. The minimum Gasteiger partial charge on any atom is -0.491 e. The van der Waals surface area contributed by atoms with Crippen LogP contribution in [0.2, 0.25) is 0 Å². The van der Waals surface area contributed by atoms with Crippen molar-refractivity contribution in [1.82, 2.24) is 0 Å². The SMILES string of the molecule is c1cc(-c2ccc(-c3ccc(OCCOCC4CO4)cc3)cc2)ccc1OCCOCC1CO1. The molecule has 0 radical (unpaired) electrons. The Balaban J connectivity index is 1.07. The summed E-state index contributed by atoms with van der Waals surface area (Å²) >= 11 is 0. The molecule has 2 heterocycles. The molecule has 6 heteroatoms. The topological polar surface area (TPSA) is 62.0 Å². The lowest BCUT2D eigenvalue weighted by molar-refractivity contribution is 0.0878. The van der Waals surface area contributed by atoms with Crippen LogP contribution in [0.5, 0.6) is 11.5 Å². The third-order valence-corrected chi connectivity index (χ3v) is 5.67. The molecule has 2 fully saturated rings. The van der Waals surface area contributed by atoms with E-state index in [-0.39, 0.29) is 0 Å². The van der Waals surface area contributed by atoms with Crippen LogP contribution in [0.3, 0.4) is 0 Å². The molecule has 0 bridgehead atoms. The zero-order valence-corrected chi connectivity index (χ0v) is 19.2. The molecule has 2 aliphatic heterocycles. The van der Waals surface area contributed by atoms with Crippen LogP contribution < -0.4 is 9.47 Å². The van der Waals surface area contributed by atoms with Crippen LogP contribution in [0.25, 0.3) is 22.3 Å². The largest absolute Gasteiger partial charge is 0.491 e. The van der Waals surface area contributed by atoms with Crippen molar-refractivity contribution in [2.45, 2.75) is 12.2 Å². The lowest BCUT2D eigenvalue weighted by Gasteiger charge is -2.09. The minimum absolute atomic E-state index is 0.294. The molecule has 6 nitrogen and oxygen atoms in total. The normalized spacial score (nSPS) is 18.5. The average molecular weight is 463 g/mol. The first-order valence-electron chi connectivity index (χ1n) is 11.8. The lowest BCUT2D eigenvalue weighted by atomic mass is 10.0. The quantitative estimate of drug-likeness (QED) is 0.258. The first-order chi connectivity index (χ1) is 16.8. The van der Waals surface area contributed by atoms with Gasteiger partial charge < -0.3 is 28.4 Å². The van der Waals surface area contributed by atoms with Gasteiger partial charge in [-0.05, 0) is 46.5 Å². The molecule has 3 aromatic carbocycles. The van der Waals surface area contributed by atoms with Crippen LogP contribution >= 0.6 is 0 Å². The maximum Gasteiger partial charge on any atom is 0.119 e.